The summed E-state index contributed by atoms with van der Waals surface area (Å²) < 4.78 is 0. The van der Waals surface area contributed by atoms with Crippen LogP contribution in [0, 0.1) is 0 Å². The molecular formula is C18H21N5O2. The molecule has 0 saturated carbocycles. The highest BCUT2D eigenvalue weighted by Gasteiger charge is 2.16. The Morgan fingerprint density at radius 3 is 2.36 bits per heavy atom. The summed E-state index contributed by atoms with van der Waals surface area (Å²) in [7, 11) is 1.55. The molecule has 0 radical (unpaired) electrons. The van der Waals surface area contributed by atoms with Gasteiger partial charge in [-0.05, 0) is 17.7 Å². The topological polar surface area (TPSA) is 96.9 Å². The van der Waals surface area contributed by atoms with E-state index in [9.17, 15) is 9.59 Å². The molecule has 0 aliphatic rings. The maximum absolute atomic E-state index is 12.0. The van der Waals surface area contributed by atoms with E-state index >= 15 is 0 Å². The lowest BCUT2D eigenvalue weighted by molar-refractivity contribution is -0.111. The first kappa shape index (κ1) is 18.3. The Kier molecular flexibility index (Phi) is 5.59. The molecule has 2 amide bonds. The molecule has 0 bridgehead atoms. The van der Waals surface area contributed by atoms with Crippen molar-refractivity contribution in [3.8, 4) is 0 Å². The molecule has 130 valence electrons. The first-order chi connectivity index (χ1) is 11.8. The van der Waals surface area contributed by atoms with E-state index in [2.05, 4.69) is 25.6 Å². The molecule has 0 unspecified atom stereocenters. The number of hydrogen-bond acceptors (Lipinski definition) is 5. The monoisotopic (exact) mass is 339 g/mol. The van der Waals surface area contributed by atoms with Crippen LogP contribution in [0.5, 0.6) is 0 Å². The number of anilines is 1. The van der Waals surface area contributed by atoms with Crippen molar-refractivity contribution in [2.45, 2.75) is 26.2 Å². The zero-order valence-corrected chi connectivity index (χ0v) is 14.7. The van der Waals surface area contributed by atoms with Crippen molar-refractivity contribution in [3.63, 3.8) is 0 Å². The molecule has 0 aliphatic carbocycles. The van der Waals surface area contributed by atoms with Gasteiger partial charge in [0.1, 0.15) is 5.82 Å². The normalized spacial score (nSPS) is 11.4. The van der Waals surface area contributed by atoms with Crippen LogP contribution in [0.3, 0.4) is 0 Å². The summed E-state index contributed by atoms with van der Waals surface area (Å²) in [6.07, 6.45) is 9.13. The van der Waals surface area contributed by atoms with E-state index in [0.717, 1.165) is 0 Å². The van der Waals surface area contributed by atoms with Crippen LogP contribution in [0.25, 0.3) is 6.08 Å². The molecule has 2 heterocycles. The third kappa shape index (κ3) is 5.20. The highest BCUT2D eigenvalue weighted by atomic mass is 16.2. The summed E-state index contributed by atoms with van der Waals surface area (Å²) in [6.45, 7) is 6.05. The fraction of sp³-hybridized carbons (Fsp3) is 0.278. The molecule has 25 heavy (non-hydrogen) atoms. The zero-order valence-electron chi connectivity index (χ0n) is 14.7. The van der Waals surface area contributed by atoms with Crippen LogP contribution >= 0.6 is 0 Å². The minimum Gasteiger partial charge on any atom is -0.355 e. The van der Waals surface area contributed by atoms with Crippen LogP contribution in [-0.2, 0) is 10.2 Å². The Morgan fingerprint density at radius 1 is 1.08 bits per heavy atom. The SMILES string of the molecule is CNC(=O)c1cncc(/C=C/C(=O)Nc2cnc(C(C)(C)C)nc2)c1. The fourth-order valence-corrected chi connectivity index (χ4v) is 1.95. The molecule has 0 fully saturated rings. The van der Waals surface area contributed by atoms with Crippen LogP contribution in [0.4, 0.5) is 5.69 Å². The Bertz CT molecular complexity index is 792. The van der Waals surface area contributed by atoms with Crippen LogP contribution in [0.1, 0.15) is 42.5 Å². The standard InChI is InChI=1S/C18H21N5O2/c1-18(2,3)17-21-10-14(11-22-17)23-15(24)6-5-12-7-13(9-20-8-12)16(25)19-4/h5-11H,1-4H3,(H,19,25)(H,23,24)/b6-5+. The molecule has 0 atom stereocenters. The molecule has 2 N–H and O–H groups in total. The van der Waals surface area contributed by atoms with Crippen molar-refractivity contribution in [2.75, 3.05) is 12.4 Å². The van der Waals surface area contributed by atoms with Gasteiger partial charge >= 0.3 is 0 Å². The van der Waals surface area contributed by atoms with E-state index in [4.69, 9.17) is 0 Å². The highest BCUT2D eigenvalue weighted by molar-refractivity contribution is 6.02. The van der Waals surface area contributed by atoms with Gasteiger partial charge in [-0.1, -0.05) is 20.8 Å². The number of carbonyl (C=O) groups excluding carboxylic acids is 2. The van der Waals surface area contributed by atoms with Crippen molar-refractivity contribution in [2.24, 2.45) is 0 Å². The van der Waals surface area contributed by atoms with Crippen LogP contribution in [0.15, 0.2) is 36.9 Å². The minimum absolute atomic E-state index is 0.148. The number of nitrogens with one attached hydrogen (secondary N) is 2. The second-order valence-corrected chi connectivity index (χ2v) is 6.45. The van der Waals surface area contributed by atoms with Crippen molar-refractivity contribution in [1.82, 2.24) is 20.3 Å². The average Bonchev–Trinajstić information content (AvgIpc) is 2.59. The van der Waals surface area contributed by atoms with Gasteiger partial charge < -0.3 is 10.6 Å². The van der Waals surface area contributed by atoms with Gasteiger partial charge in [-0.25, -0.2) is 9.97 Å². The molecule has 0 aromatic carbocycles. The van der Waals surface area contributed by atoms with Crippen LogP contribution in [-0.4, -0.2) is 33.8 Å². The quantitative estimate of drug-likeness (QED) is 0.832. The summed E-state index contributed by atoms with van der Waals surface area (Å²) in [5.41, 5.74) is 1.44. The molecule has 0 aliphatic heterocycles. The van der Waals surface area contributed by atoms with Crippen molar-refractivity contribution < 1.29 is 9.59 Å². The Labute approximate surface area is 146 Å². The van der Waals surface area contributed by atoms with E-state index in [1.165, 1.54) is 12.3 Å². The lowest BCUT2D eigenvalue weighted by Crippen LogP contribution is -2.18. The van der Waals surface area contributed by atoms with E-state index < -0.39 is 0 Å². The van der Waals surface area contributed by atoms with Crippen molar-refractivity contribution in [3.05, 3.63) is 53.9 Å². The summed E-state index contributed by atoms with van der Waals surface area (Å²) >= 11 is 0. The van der Waals surface area contributed by atoms with E-state index in [1.807, 2.05) is 20.8 Å². The molecule has 7 heteroatoms. The number of aromatic nitrogens is 3. The summed E-state index contributed by atoms with van der Waals surface area (Å²) in [5.74, 6) is 0.152. The summed E-state index contributed by atoms with van der Waals surface area (Å²) in [6, 6.07) is 1.65. The molecule has 0 saturated heterocycles. The molecule has 7 nitrogen and oxygen atoms in total. The maximum Gasteiger partial charge on any atom is 0.252 e. The van der Waals surface area contributed by atoms with Gasteiger partial charge in [-0.2, -0.15) is 0 Å². The van der Waals surface area contributed by atoms with Gasteiger partial charge in [-0.3, -0.25) is 14.6 Å². The van der Waals surface area contributed by atoms with Gasteiger partial charge in [0.15, 0.2) is 0 Å². The summed E-state index contributed by atoms with van der Waals surface area (Å²) in [4.78, 5) is 36.1. The summed E-state index contributed by atoms with van der Waals surface area (Å²) in [5, 5.41) is 5.21. The second kappa shape index (κ2) is 7.65. The number of hydrogen-bond donors (Lipinski definition) is 2. The first-order valence-electron chi connectivity index (χ1n) is 7.78. The maximum atomic E-state index is 12.0. The number of amides is 2. The molecule has 2 rings (SSSR count). The van der Waals surface area contributed by atoms with Crippen LogP contribution in [0.2, 0.25) is 0 Å². The first-order valence-corrected chi connectivity index (χ1v) is 7.78. The van der Waals surface area contributed by atoms with Crippen molar-refractivity contribution >= 4 is 23.6 Å². The number of carbonyl (C=O) groups is 2. The number of pyridine rings is 1. The third-order valence-electron chi connectivity index (χ3n) is 3.27. The van der Waals surface area contributed by atoms with Gasteiger partial charge in [0, 0.05) is 30.9 Å². The Balaban J connectivity index is 2.02. The van der Waals surface area contributed by atoms with Gasteiger partial charge in [0.25, 0.3) is 5.91 Å². The number of rotatable bonds is 4. The third-order valence-corrected chi connectivity index (χ3v) is 3.27. The molecule has 2 aromatic rings. The predicted molar refractivity (Wildman–Crippen MR) is 96.0 cm³/mol. The van der Waals surface area contributed by atoms with E-state index in [-0.39, 0.29) is 17.2 Å². The van der Waals surface area contributed by atoms with E-state index in [0.29, 0.717) is 22.6 Å². The lowest BCUT2D eigenvalue weighted by atomic mass is 9.96. The smallest absolute Gasteiger partial charge is 0.252 e. The highest BCUT2D eigenvalue weighted by Crippen LogP contribution is 2.18. The van der Waals surface area contributed by atoms with Crippen molar-refractivity contribution in [1.29, 1.82) is 0 Å². The van der Waals surface area contributed by atoms with Crippen LogP contribution < -0.4 is 10.6 Å². The average molecular weight is 339 g/mol. The Morgan fingerprint density at radius 2 is 1.76 bits per heavy atom. The predicted octanol–water partition coefficient (Wildman–Crippen LogP) is 2.18. The minimum atomic E-state index is -0.322. The lowest BCUT2D eigenvalue weighted by Gasteiger charge is -2.15. The fourth-order valence-electron chi connectivity index (χ4n) is 1.95. The van der Waals surface area contributed by atoms with Gasteiger partial charge in [-0.15, -0.1) is 0 Å². The second-order valence-electron chi connectivity index (χ2n) is 6.45. The van der Waals surface area contributed by atoms with E-state index in [1.54, 1.807) is 37.8 Å². The molecule has 0 spiro atoms. The van der Waals surface area contributed by atoms with Gasteiger partial charge in [0.2, 0.25) is 5.91 Å². The zero-order chi connectivity index (χ0) is 18.4. The van der Waals surface area contributed by atoms with Gasteiger partial charge in [0.05, 0.1) is 23.6 Å². The molecule has 2 aromatic heterocycles. The number of nitrogens with zero attached hydrogens (tertiary/aromatic N) is 3. The molecular weight excluding hydrogens is 318 g/mol. The Hall–Kier alpha value is -3.09. The largest absolute Gasteiger partial charge is 0.355 e.